The minimum Gasteiger partial charge on any atom is -0.378 e. The summed E-state index contributed by atoms with van der Waals surface area (Å²) >= 11 is 3.03. The Kier molecular flexibility index (Phi) is 4.90. The van der Waals surface area contributed by atoms with Crippen molar-refractivity contribution in [2.45, 2.75) is 9.50 Å². The van der Waals surface area contributed by atoms with Crippen molar-refractivity contribution < 1.29 is 4.74 Å². The van der Waals surface area contributed by atoms with E-state index in [0.717, 1.165) is 57.9 Å². The molecule has 0 N–H and O–H groups in total. The van der Waals surface area contributed by atoms with Gasteiger partial charge in [-0.05, 0) is 17.8 Å². The lowest BCUT2D eigenvalue weighted by Gasteiger charge is -2.25. The van der Waals surface area contributed by atoms with Crippen LogP contribution in [-0.4, -0.2) is 46.5 Å². The van der Waals surface area contributed by atoms with Crippen LogP contribution < -0.4 is 4.90 Å². The first-order chi connectivity index (χ1) is 13.9. The molecular formula is C20H17N5OS2. The lowest BCUT2D eigenvalue weighted by atomic mass is 10.1. The molecule has 4 aromatic rings. The van der Waals surface area contributed by atoms with Crippen molar-refractivity contribution in [2.24, 2.45) is 0 Å². The minimum absolute atomic E-state index is 0.683. The van der Waals surface area contributed by atoms with Gasteiger partial charge in [-0.25, -0.2) is 9.97 Å². The Hall–Kier alpha value is -2.55. The Balaban J connectivity index is 1.49. The molecular weight excluding hydrogens is 390 g/mol. The zero-order valence-corrected chi connectivity index (χ0v) is 16.6. The van der Waals surface area contributed by atoms with E-state index in [0.29, 0.717) is 5.16 Å². The molecule has 0 amide bonds. The van der Waals surface area contributed by atoms with Gasteiger partial charge in [0.1, 0.15) is 0 Å². The number of hydrogen-bond donors (Lipinski definition) is 0. The fraction of sp³-hybridized carbons (Fsp3) is 0.200. The summed E-state index contributed by atoms with van der Waals surface area (Å²) in [6.45, 7) is 3.17. The summed E-state index contributed by atoms with van der Waals surface area (Å²) in [5.74, 6) is 0. The van der Waals surface area contributed by atoms with Gasteiger partial charge in [-0.15, -0.1) is 10.2 Å². The molecule has 1 aliphatic heterocycles. The summed E-state index contributed by atoms with van der Waals surface area (Å²) < 4.78 is 6.25. The summed E-state index contributed by atoms with van der Waals surface area (Å²) in [7, 11) is 0. The largest absolute Gasteiger partial charge is 0.378 e. The average molecular weight is 408 g/mol. The molecule has 0 bridgehead atoms. The number of nitrogens with zero attached hydrogens (tertiary/aromatic N) is 5. The van der Waals surface area contributed by atoms with E-state index in [9.17, 15) is 0 Å². The third kappa shape index (κ3) is 3.58. The van der Waals surface area contributed by atoms with E-state index in [1.807, 2.05) is 36.4 Å². The number of morpholine rings is 1. The zero-order chi connectivity index (χ0) is 18.8. The van der Waals surface area contributed by atoms with E-state index in [-0.39, 0.29) is 0 Å². The fourth-order valence-corrected chi connectivity index (χ4v) is 4.89. The number of ether oxygens (including phenoxy) is 1. The van der Waals surface area contributed by atoms with Crippen LogP contribution in [-0.2, 0) is 4.74 Å². The van der Waals surface area contributed by atoms with Crippen LogP contribution in [0.2, 0.25) is 0 Å². The predicted octanol–water partition coefficient (Wildman–Crippen LogP) is 4.14. The van der Waals surface area contributed by atoms with Gasteiger partial charge in [0, 0.05) is 24.0 Å². The Bertz CT molecular complexity index is 1100. The Morgan fingerprint density at radius 1 is 0.893 bits per heavy atom. The predicted molar refractivity (Wildman–Crippen MR) is 112 cm³/mol. The van der Waals surface area contributed by atoms with Gasteiger partial charge in [-0.3, -0.25) is 0 Å². The maximum atomic E-state index is 5.41. The number of fused-ring (bicyclic) bond motifs is 1. The van der Waals surface area contributed by atoms with Crippen LogP contribution in [0.1, 0.15) is 0 Å². The molecule has 2 aromatic carbocycles. The van der Waals surface area contributed by atoms with E-state index in [1.54, 1.807) is 11.3 Å². The van der Waals surface area contributed by atoms with Crippen molar-refractivity contribution in [2.75, 3.05) is 31.2 Å². The van der Waals surface area contributed by atoms with Crippen molar-refractivity contribution in [3.8, 4) is 11.3 Å². The second-order valence-corrected chi connectivity index (χ2v) is 8.46. The van der Waals surface area contributed by atoms with Crippen molar-refractivity contribution >= 4 is 39.1 Å². The van der Waals surface area contributed by atoms with Gasteiger partial charge >= 0.3 is 0 Å². The molecule has 0 saturated carbocycles. The van der Waals surface area contributed by atoms with Crippen LogP contribution in [0.5, 0.6) is 0 Å². The first-order valence-electron chi connectivity index (χ1n) is 9.03. The summed E-state index contributed by atoms with van der Waals surface area (Å²) in [6, 6.07) is 18.3. The summed E-state index contributed by atoms with van der Waals surface area (Å²) in [5.41, 5.74) is 2.94. The molecule has 1 fully saturated rings. The lowest BCUT2D eigenvalue weighted by molar-refractivity contribution is 0.122. The second-order valence-electron chi connectivity index (χ2n) is 6.29. The van der Waals surface area contributed by atoms with Crippen molar-refractivity contribution in [1.82, 2.24) is 20.2 Å². The highest BCUT2D eigenvalue weighted by atomic mass is 32.2. The van der Waals surface area contributed by atoms with E-state index in [2.05, 4.69) is 33.3 Å². The first kappa shape index (κ1) is 17.5. The third-order valence-corrected chi connectivity index (χ3v) is 6.39. The first-order valence-corrected chi connectivity index (χ1v) is 10.7. The van der Waals surface area contributed by atoms with Crippen LogP contribution in [0, 0.1) is 0 Å². The van der Waals surface area contributed by atoms with E-state index in [4.69, 9.17) is 14.7 Å². The SMILES string of the molecule is c1ccc(-c2nc(Sc3nnc(N4CCOCC4)s3)nc3ccccc23)cc1. The molecule has 3 heterocycles. The zero-order valence-electron chi connectivity index (χ0n) is 15.0. The molecule has 28 heavy (non-hydrogen) atoms. The number of rotatable bonds is 4. The maximum Gasteiger partial charge on any atom is 0.209 e. The van der Waals surface area contributed by atoms with Crippen LogP contribution in [0.4, 0.5) is 5.13 Å². The van der Waals surface area contributed by atoms with Gasteiger partial charge < -0.3 is 9.64 Å². The second kappa shape index (κ2) is 7.83. The van der Waals surface area contributed by atoms with E-state index in [1.165, 1.54) is 11.8 Å². The Morgan fingerprint density at radius 3 is 2.54 bits per heavy atom. The molecule has 0 aliphatic carbocycles. The molecule has 1 aliphatic rings. The molecule has 2 aromatic heterocycles. The molecule has 1 saturated heterocycles. The summed E-state index contributed by atoms with van der Waals surface area (Å²) in [6.07, 6.45) is 0. The van der Waals surface area contributed by atoms with Crippen molar-refractivity contribution in [1.29, 1.82) is 0 Å². The number of aromatic nitrogens is 4. The van der Waals surface area contributed by atoms with Crippen LogP contribution in [0.15, 0.2) is 64.1 Å². The van der Waals surface area contributed by atoms with E-state index >= 15 is 0 Å². The summed E-state index contributed by atoms with van der Waals surface area (Å²) in [4.78, 5) is 11.8. The number of anilines is 1. The van der Waals surface area contributed by atoms with Gasteiger partial charge in [0.15, 0.2) is 9.50 Å². The third-order valence-electron chi connectivity index (χ3n) is 4.49. The highest BCUT2D eigenvalue weighted by Gasteiger charge is 2.17. The molecule has 0 radical (unpaired) electrons. The van der Waals surface area contributed by atoms with Crippen molar-refractivity contribution in [3.05, 3.63) is 54.6 Å². The Labute approximate surface area is 170 Å². The topological polar surface area (TPSA) is 64.0 Å². The van der Waals surface area contributed by atoms with Gasteiger partial charge in [-0.2, -0.15) is 0 Å². The lowest BCUT2D eigenvalue weighted by Crippen LogP contribution is -2.36. The monoisotopic (exact) mass is 407 g/mol. The molecule has 5 rings (SSSR count). The fourth-order valence-electron chi connectivity index (χ4n) is 3.12. The maximum absolute atomic E-state index is 5.41. The van der Waals surface area contributed by atoms with Gasteiger partial charge in [0.05, 0.1) is 24.4 Å². The normalized spacial score (nSPS) is 14.5. The Morgan fingerprint density at radius 2 is 1.68 bits per heavy atom. The highest BCUT2D eigenvalue weighted by Crippen LogP contribution is 2.34. The summed E-state index contributed by atoms with van der Waals surface area (Å²) in [5, 5.41) is 11.3. The minimum atomic E-state index is 0.683. The van der Waals surface area contributed by atoms with Gasteiger partial charge in [0.2, 0.25) is 5.13 Å². The van der Waals surface area contributed by atoms with Gasteiger partial charge in [0.25, 0.3) is 0 Å². The quantitative estimate of drug-likeness (QED) is 0.471. The average Bonchev–Trinajstić information content (AvgIpc) is 3.23. The molecule has 140 valence electrons. The standard InChI is InChI=1S/C20H17N5OS2/c1-2-6-14(7-3-1)17-15-8-4-5-9-16(15)21-18(22-17)27-20-24-23-19(28-20)25-10-12-26-13-11-25/h1-9H,10-13H2. The number of para-hydroxylation sites is 1. The van der Waals surface area contributed by atoms with Crippen LogP contribution in [0.25, 0.3) is 22.2 Å². The highest BCUT2D eigenvalue weighted by molar-refractivity contribution is 8.00. The van der Waals surface area contributed by atoms with Gasteiger partial charge in [-0.1, -0.05) is 59.9 Å². The number of hydrogen-bond acceptors (Lipinski definition) is 8. The molecule has 8 heteroatoms. The van der Waals surface area contributed by atoms with E-state index < -0.39 is 0 Å². The molecule has 0 unspecified atom stereocenters. The molecule has 6 nitrogen and oxygen atoms in total. The van der Waals surface area contributed by atoms with Crippen LogP contribution in [0.3, 0.4) is 0 Å². The smallest absolute Gasteiger partial charge is 0.209 e. The van der Waals surface area contributed by atoms with Crippen LogP contribution >= 0.6 is 23.1 Å². The molecule has 0 atom stereocenters. The molecule has 0 spiro atoms. The number of benzene rings is 2. The van der Waals surface area contributed by atoms with Crippen molar-refractivity contribution in [3.63, 3.8) is 0 Å².